The second-order valence-corrected chi connectivity index (χ2v) is 6.14. The van der Waals surface area contributed by atoms with Crippen molar-refractivity contribution in [2.24, 2.45) is 0 Å². The molecule has 1 aliphatic heterocycles. The molecule has 28 heavy (non-hydrogen) atoms. The van der Waals surface area contributed by atoms with Gasteiger partial charge in [-0.05, 0) is 29.8 Å². The minimum atomic E-state index is 0.174. The van der Waals surface area contributed by atoms with Crippen molar-refractivity contribution in [3.05, 3.63) is 48.0 Å². The number of benzene rings is 2. The van der Waals surface area contributed by atoms with Crippen LogP contribution in [0.15, 0.2) is 42.5 Å². The maximum Gasteiger partial charge on any atom is 0.231 e. The van der Waals surface area contributed by atoms with E-state index in [2.05, 4.69) is 15.3 Å². The van der Waals surface area contributed by atoms with E-state index in [1.807, 2.05) is 36.4 Å². The highest BCUT2D eigenvalue weighted by atomic mass is 16.7. The van der Waals surface area contributed by atoms with E-state index >= 15 is 0 Å². The lowest BCUT2D eigenvalue weighted by Gasteiger charge is -2.11. The predicted molar refractivity (Wildman–Crippen MR) is 105 cm³/mol. The average Bonchev–Trinajstić information content (AvgIpc) is 3.19. The molecule has 3 N–H and O–H groups in total. The van der Waals surface area contributed by atoms with Gasteiger partial charge in [-0.25, -0.2) is 4.98 Å². The van der Waals surface area contributed by atoms with Crippen LogP contribution >= 0.6 is 0 Å². The van der Waals surface area contributed by atoms with E-state index in [0.29, 0.717) is 29.6 Å². The van der Waals surface area contributed by atoms with E-state index in [9.17, 15) is 0 Å². The molecule has 2 aromatic carbocycles. The summed E-state index contributed by atoms with van der Waals surface area (Å²) in [4.78, 5) is 8.61. The van der Waals surface area contributed by atoms with Gasteiger partial charge >= 0.3 is 0 Å². The Labute approximate surface area is 162 Å². The fourth-order valence-corrected chi connectivity index (χ4v) is 2.90. The van der Waals surface area contributed by atoms with Crippen LogP contribution in [-0.4, -0.2) is 31.0 Å². The molecule has 2 heterocycles. The molecular weight excluding hydrogens is 360 g/mol. The quantitative estimate of drug-likeness (QED) is 0.673. The number of nitrogens with two attached hydrogens (primary N) is 1. The summed E-state index contributed by atoms with van der Waals surface area (Å²) in [6.07, 6.45) is 0. The summed E-state index contributed by atoms with van der Waals surface area (Å²) >= 11 is 0. The summed E-state index contributed by atoms with van der Waals surface area (Å²) in [5, 5.41) is 3.27. The van der Waals surface area contributed by atoms with Crippen LogP contribution in [-0.2, 0) is 6.54 Å². The Morgan fingerprint density at radius 3 is 2.46 bits per heavy atom. The van der Waals surface area contributed by atoms with E-state index < -0.39 is 0 Å². The molecule has 8 nitrogen and oxygen atoms in total. The van der Waals surface area contributed by atoms with E-state index in [-0.39, 0.29) is 12.7 Å². The van der Waals surface area contributed by atoms with Gasteiger partial charge in [0.1, 0.15) is 17.3 Å². The van der Waals surface area contributed by atoms with E-state index in [4.69, 9.17) is 24.7 Å². The van der Waals surface area contributed by atoms with Crippen molar-refractivity contribution in [3.8, 4) is 34.3 Å². The van der Waals surface area contributed by atoms with Gasteiger partial charge in [-0.2, -0.15) is 4.98 Å². The largest absolute Gasteiger partial charge is 0.497 e. The number of ether oxygens (including phenoxy) is 4. The van der Waals surface area contributed by atoms with Crippen LogP contribution in [0.25, 0.3) is 11.3 Å². The van der Waals surface area contributed by atoms with Crippen LogP contribution in [0, 0.1) is 0 Å². The number of rotatable bonds is 6. The standard InChI is InChI=1S/C20H20N4O4/c1-25-14-6-13(7-15(8-14)26-2)16-9-19(24-20(21)23-16)22-10-12-3-4-17-18(5-12)28-11-27-17/h3-9H,10-11H2,1-2H3,(H3,21,22,23,24). The summed E-state index contributed by atoms with van der Waals surface area (Å²) in [6.45, 7) is 0.802. The fourth-order valence-electron chi connectivity index (χ4n) is 2.90. The van der Waals surface area contributed by atoms with Gasteiger partial charge in [-0.3, -0.25) is 0 Å². The van der Waals surface area contributed by atoms with Crippen LogP contribution in [0.5, 0.6) is 23.0 Å². The van der Waals surface area contributed by atoms with Gasteiger partial charge in [0.15, 0.2) is 11.5 Å². The first-order valence-electron chi connectivity index (χ1n) is 8.65. The topological polar surface area (TPSA) is 101 Å². The Balaban J connectivity index is 1.57. The number of nitrogen functional groups attached to an aromatic ring is 1. The summed E-state index contributed by atoms with van der Waals surface area (Å²) in [5.41, 5.74) is 8.43. The molecule has 3 aromatic rings. The Morgan fingerprint density at radius 2 is 1.71 bits per heavy atom. The lowest BCUT2D eigenvalue weighted by atomic mass is 10.1. The lowest BCUT2D eigenvalue weighted by molar-refractivity contribution is 0.174. The predicted octanol–water partition coefficient (Wildman–Crippen LogP) is 3.08. The molecule has 1 aromatic heterocycles. The minimum absolute atomic E-state index is 0.174. The highest BCUT2D eigenvalue weighted by Gasteiger charge is 2.13. The van der Waals surface area contributed by atoms with Gasteiger partial charge in [0.25, 0.3) is 0 Å². The number of fused-ring (bicyclic) bond motifs is 1. The van der Waals surface area contributed by atoms with E-state index in [1.165, 1.54) is 0 Å². The van der Waals surface area contributed by atoms with Crippen LogP contribution < -0.4 is 30.0 Å². The highest BCUT2D eigenvalue weighted by molar-refractivity contribution is 5.67. The Hall–Kier alpha value is -3.68. The van der Waals surface area contributed by atoms with Crippen molar-refractivity contribution >= 4 is 11.8 Å². The third kappa shape index (κ3) is 3.71. The molecule has 0 spiro atoms. The Kier molecular flexibility index (Phi) is 4.76. The molecule has 0 radical (unpaired) electrons. The molecule has 144 valence electrons. The zero-order valence-corrected chi connectivity index (χ0v) is 15.6. The normalized spacial score (nSPS) is 11.9. The molecule has 0 bridgehead atoms. The van der Waals surface area contributed by atoms with Crippen molar-refractivity contribution in [2.75, 3.05) is 32.1 Å². The van der Waals surface area contributed by atoms with Crippen molar-refractivity contribution in [3.63, 3.8) is 0 Å². The smallest absolute Gasteiger partial charge is 0.231 e. The third-order valence-electron chi connectivity index (χ3n) is 4.30. The zero-order valence-electron chi connectivity index (χ0n) is 15.6. The fraction of sp³-hybridized carbons (Fsp3) is 0.200. The monoisotopic (exact) mass is 380 g/mol. The molecule has 8 heteroatoms. The summed E-state index contributed by atoms with van der Waals surface area (Å²) in [6, 6.07) is 13.2. The van der Waals surface area contributed by atoms with Gasteiger partial charge in [-0.15, -0.1) is 0 Å². The Bertz CT molecular complexity index is 987. The number of aromatic nitrogens is 2. The summed E-state index contributed by atoms with van der Waals surface area (Å²) < 4.78 is 21.4. The van der Waals surface area contributed by atoms with Crippen molar-refractivity contribution in [1.29, 1.82) is 0 Å². The molecular formula is C20H20N4O4. The van der Waals surface area contributed by atoms with Crippen molar-refractivity contribution < 1.29 is 18.9 Å². The number of hydrogen-bond donors (Lipinski definition) is 2. The summed E-state index contributed by atoms with van der Waals surface area (Å²) in [5.74, 6) is 3.62. The number of hydrogen-bond acceptors (Lipinski definition) is 8. The second kappa shape index (κ2) is 7.51. The van der Waals surface area contributed by atoms with E-state index in [1.54, 1.807) is 20.3 Å². The number of anilines is 2. The van der Waals surface area contributed by atoms with Crippen molar-refractivity contribution in [2.45, 2.75) is 6.54 Å². The summed E-state index contributed by atoms with van der Waals surface area (Å²) in [7, 11) is 3.20. The average molecular weight is 380 g/mol. The first kappa shape index (κ1) is 17.7. The molecule has 0 saturated carbocycles. The molecule has 0 fully saturated rings. The van der Waals surface area contributed by atoms with E-state index in [0.717, 1.165) is 22.6 Å². The van der Waals surface area contributed by atoms with Crippen LogP contribution in [0.2, 0.25) is 0 Å². The number of nitrogens with one attached hydrogen (secondary N) is 1. The molecule has 0 amide bonds. The molecule has 4 rings (SSSR count). The van der Waals surface area contributed by atoms with Gasteiger partial charge in [-0.1, -0.05) is 6.07 Å². The second-order valence-electron chi connectivity index (χ2n) is 6.14. The molecule has 1 aliphatic rings. The first-order valence-corrected chi connectivity index (χ1v) is 8.65. The van der Waals surface area contributed by atoms with Gasteiger partial charge in [0.2, 0.25) is 12.7 Å². The Morgan fingerprint density at radius 1 is 0.964 bits per heavy atom. The van der Waals surface area contributed by atoms with Crippen LogP contribution in [0.4, 0.5) is 11.8 Å². The third-order valence-corrected chi connectivity index (χ3v) is 4.30. The highest BCUT2D eigenvalue weighted by Crippen LogP contribution is 2.33. The number of methoxy groups -OCH3 is 2. The molecule has 0 saturated heterocycles. The SMILES string of the molecule is COc1cc(OC)cc(-c2cc(NCc3ccc4c(c3)OCO4)nc(N)n2)c1. The molecule has 0 unspecified atom stereocenters. The van der Waals surface area contributed by atoms with Crippen molar-refractivity contribution in [1.82, 2.24) is 9.97 Å². The lowest BCUT2D eigenvalue weighted by Crippen LogP contribution is -2.05. The molecule has 0 aliphatic carbocycles. The maximum absolute atomic E-state index is 5.92. The van der Waals surface area contributed by atoms with Gasteiger partial charge < -0.3 is 30.0 Å². The first-order chi connectivity index (χ1) is 13.6. The zero-order chi connectivity index (χ0) is 19.5. The van der Waals surface area contributed by atoms with Gasteiger partial charge in [0, 0.05) is 24.2 Å². The van der Waals surface area contributed by atoms with Crippen LogP contribution in [0.3, 0.4) is 0 Å². The molecule has 0 atom stereocenters. The maximum atomic E-state index is 5.92. The van der Waals surface area contributed by atoms with Crippen LogP contribution in [0.1, 0.15) is 5.56 Å². The minimum Gasteiger partial charge on any atom is -0.497 e. The van der Waals surface area contributed by atoms with Gasteiger partial charge in [0.05, 0.1) is 19.9 Å². The number of nitrogens with zero attached hydrogens (tertiary/aromatic N) is 2.